The normalized spacial score (nSPS) is 10.6. The first kappa shape index (κ1) is 16.5. The zero-order valence-electron chi connectivity index (χ0n) is 8.54. The minimum Gasteiger partial charge on any atom is -0.481 e. The van der Waals surface area contributed by atoms with Crippen molar-refractivity contribution >= 4 is 23.7 Å². The van der Waals surface area contributed by atoms with E-state index in [9.17, 15) is 19.2 Å². The van der Waals surface area contributed by atoms with Crippen LogP contribution >= 0.6 is 0 Å². The largest absolute Gasteiger partial charge is 0.481 e. The molecule has 0 aliphatic carbocycles. The summed E-state index contributed by atoms with van der Waals surface area (Å²) >= 11 is 0. The Balaban J connectivity index is 0. The van der Waals surface area contributed by atoms with Gasteiger partial charge in [0.2, 0.25) is 5.78 Å². The number of carbonyl (C=O) groups is 4. The Morgan fingerprint density at radius 2 is 1.44 bits per heavy atom. The lowest BCUT2D eigenvalue weighted by atomic mass is 10.2. The van der Waals surface area contributed by atoms with Crippen molar-refractivity contribution in [2.75, 3.05) is 0 Å². The fourth-order valence-electron chi connectivity index (χ4n) is 0.327. The topological polar surface area (TPSA) is 155 Å². The molecule has 0 saturated carbocycles. The summed E-state index contributed by atoms with van der Waals surface area (Å²) in [6.45, 7) is 1.42. The Kier molecular flexibility index (Phi) is 8.60. The second kappa shape index (κ2) is 8.36. The van der Waals surface area contributed by atoms with Crippen molar-refractivity contribution in [1.29, 1.82) is 0 Å². The van der Waals surface area contributed by atoms with Gasteiger partial charge in [0.15, 0.2) is 0 Å². The molecule has 0 amide bonds. The molecule has 16 heavy (non-hydrogen) atoms. The van der Waals surface area contributed by atoms with E-state index in [0.29, 0.717) is 0 Å². The summed E-state index contributed by atoms with van der Waals surface area (Å²) < 4.78 is 0. The van der Waals surface area contributed by atoms with Crippen molar-refractivity contribution < 1.29 is 34.5 Å². The molecule has 8 nitrogen and oxygen atoms in total. The van der Waals surface area contributed by atoms with Crippen molar-refractivity contribution in [3.63, 3.8) is 0 Å². The van der Waals surface area contributed by atoms with Crippen LogP contribution in [0, 0.1) is 0 Å². The second-order valence-corrected chi connectivity index (χ2v) is 2.75. The fourth-order valence-corrected chi connectivity index (χ4v) is 0.327. The molecule has 0 aromatic rings. The van der Waals surface area contributed by atoms with Crippen molar-refractivity contribution in [2.45, 2.75) is 25.8 Å². The van der Waals surface area contributed by atoms with E-state index in [1.807, 2.05) is 0 Å². The average molecular weight is 235 g/mol. The Bertz CT molecular complexity index is 284. The first-order valence-corrected chi connectivity index (χ1v) is 4.14. The number of carboxylic acid groups (broad SMARTS) is 3. The standard InChI is InChI=1S/C5H6O5.C3H7NO2/c6-3(5(9)10)1-2-4(7)8;1-2(4)3(5)6/h1-2H2,(H,7,8)(H,9,10);2H,4H2,1H3,(H,5,6)/t;2-/m.1/s1. The molecule has 0 rings (SSSR count). The Labute approximate surface area is 90.7 Å². The monoisotopic (exact) mass is 235 g/mol. The van der Waals surface area contributed by atoms with Gasteiger partial charge in [-0.3, -0.25) is 14.4 Å². The highest BCUT2D eigenvalue weighted by Crippen LogP contribution is 1.89. The summed E-state index contributed by atoms with van der Waals surface area (Å²) in [5, 5.41) is 23.8. The smallest absolute Gasteiger partial charge is 0.372 e. The number of carboxylic acids is 3. The maximum atomic E-state index is 10.2. The van der Waals surface area contributed by atoms with Gasteiger partial charge in [0.1, 0.15) is 6.04 Å². The van der Waals surface area contributed by atoms with Crippen molar-refractivity contribution in [2.24, 2.45) is 5.73 Å². The zero-order chi connectivity index (χ0) is 13.3. The van der Waals surface area contributed by atoms with Gasteiger partial charge in [0.05, 0.1) is 6.42 Å². The van der Waals surface area contributed by atoms with Crippen LogP contribution in [0.15, 0.2) is 0 Å². The highest BCUT2D eigenvalue weighted by Gasteiger charge is 2.12. The van der Waals surface area contributed by atoms with Crippen LogP contribution in [0.4, 0.5) is 0 Å². The summed E-state index contributed by atoms with van der Waals surface area (Å²) in [4.78, 5) is 39.3. The van der Waals surface area contributed by atoms with Crippen molar-refractivity contribution in [1.82, 2.24) is 0 Å². The molecule has 0 heterocycles. The van der Waals surface area contributed by atoms with E-state index in [1.54, 1.807) is 0 Å². The minimum absolute atomic E-state index is 0.425. The number of rotatable bonds is 5. The molecule has 5 N–H and O–H groups in total. The van der Waals surface area contributed by atoms with E-state index in [-0.39, 0.29) is 0 Å². The lowest BCUT2D eigenvalue weighted by Gasteiger charge is -1.90. The maximum Gasteiger partial charge on any atom is 0.372 e. The van der Waals surface area contributed by atoms with Gasteiger partial charge in [-0.05, 0) is 6.92 Å². The fraction of sp³-hybridized carbons (Fsp3) is 0.500. The van der Waals surface area contributed by atoms with E-state index in [1.165, 1.54) is 6.92 Å². The first-order valence-electron chi connectivity index (χ1n) is 4.14. The highest BCUT2D eigenvalue weighted by atomic mass is 16.4. The molecule has 8 heteroatoms. The predicted octanol–water partition coefficient (Wildman–Crippen LogP) is -1.08. The van der Waals surface area contributed by atoms with Gasteiger partial charge in [0, 0.05) is 6.42 Å². The molecule has 0 aliphatic rings. The summed E-state index contributed by atoms with van der Waals surface area (Å²) in [7, 11) is 0. The van der Waals surface area contributed by atoms with E-state index >= 15 is 0 Å². The maximum absolute atomic E-state index is 10.2. The van der Waals surface area contributed by atoms with Crippen LogP contribution in [0.2, 0.25) is 0 Å². The van der Waals surface area contributed by atoms with Crippen LogP contribution in [0.3, 0.4) is 0 Å². The van der Waals surface area contributed by atoms with Gasteiger partial charge >= 0.3 is 17.9 Å². The molecule has 0 radical (unpaired) electrons. The molecule has 0 saturated heterocycles. The molecule has 92 valence electrons. The number of aliphatic carboxylic acids is 3. The Morgan fingerprint density at radius 3 is 1.62 bits per heavy atom. The summed E-state index contributed by atoms with van der Waals surface area (Å²) in [5.74, 6) is -4.78. The summed E-state index contributed by atoms with van der Waals surface area (Å²) in [6.07, 6.45) is -0.865. The van der Waals surface area contributed by atoms with Crippen LogP contribution in [0.25, 0.3) is 0 Å². The SMILES string of the molecule is C[C@@H](N)C(=O)O.O=C(O)CCC(=O)C(=O)O. The number of hydrogen-bond donors (Lipinski definition) is 4. The Hall–Kier alpha value is -1.96. The van der Waals surface area contributed by atoms with Gasteiger partial charge in [-0.1, -0.05) is 0 Å². The van der Waals surface area contributed by atoms with E-state index in [4.69, 9.17) is 21.1 Å². The summed E-state index contributed by atoms with van der Waals surface area (Å²) in [6, 6.07) is -0.731. The molecule has 0 fully saturated rings. The molecule has 0 spiro atoms. The number of hydrogen-bond acceptors (Lipinski definition) is 5. The Morgan fingerprint density at radius 1 is 1.06 bits per heavy atom. The van der Waals surface area contributed by atoms with E-state index in [2.05, 4.69) is 0 Å². The number of ketones is 1. The molecular formula is C8H13NO7. The third kappa shape index (κ3) is 12.0. The van der Waals surface area contributed by atoms with Gasteiger partial charge in [0.25, 0.3) is 0 Å². The van der Waals surface area contributed by atoms with Gasteiger partial charge in [-0.25, -0.2) is 4.79 Å². The molecular weight excluding hydrogens is 222 g/mol. The highest BCUT2D eigenvalue weighted by molar-refractivity contribution is 6.32. The lowest BCUT2D eigenvalue weighted by Crippen LogP contribution is -2.25. The van der Waals surface area contributed by atoms with Gasteiger partial charge < -0.3 is 21.1 Å². The molecule has 0 bridgehead atoms. The quantitative estimate of drug-likeness (QED) is 0.438. The zero-order valence-corrected chi connectivity index (χ0v) is 8.54. The van der Waals surface area contributed by atoms with Crippen LogP contribution < -0.4 is 5.73 Å². The first-order chi connectivity index (χ1) is 7.18. The average Bonchev–Trinajstić information content (AvgIpc) is 2.14. The third-order valence-electron chi connectivity index (χ3n) is 1.19. The number of carbonyl (C=O) groups excluding carboxylic acids is 1. The van der Waals surface area contributed by atoms with Gasteiger partial charge in [-0.15, -0.1) is 0 Å². The predicted molar refractivity (Wildman–Crippen MR) is 50.8 cm³/mol. The lowest BCUT2D eigenvalue weighted by molar-refractivity contribution is -0.149. The van der Waals surface area contributed by atoms with Crippen LogP contribution in [-0.2, 0) is 19.2 Å². The van der Waals surface area contributed by atoms with Crippen molar-refractivity contribution in [3.05, 3.63) is 0 Å². The number of Topliss-reactive ketones (excluding diaryl/α,β-unsaturated/α-hetero) is 1. The third-order valence-corrected chi connectivity index (χ3v) is 1.19. The molecule has 0 aliphatic heterocycles. The van der Waals surface area contributed by atoms with E-state index in [0.717, 1.165) is 0 Å². The van der Waals surface area contributed by atoms with Crippen LogP contribution in [0.5, 0.6) is 0 Å². The molecule has 1 atom stereocenters. The molecule has 0 aromatic carbocycles. The molecule has 0 aromatic heterocycles. The summed E-state index contributed by atoms with van der Waals surface area (Å²) in [5.41, 5.74) is 4.84. The minimum atomic E-state index is -1.58. The van der Waals surface area contributed by atoms with Gasteiger partial charge in [-0.2, -0.15) is 0 Å². The second-order valence-electron chi connectivity index (χ2n) is 2.75. The van der Waals surface area contributed by atoms with Crippen LogP contribution in [0.1, 0.15) is 19.8 Å². The molecule has 0 unspecified atom stereocenters. The van der Waals surface area contributed by atoms with E-state index < -0.39 is 42.6 Å². The van der Waals surface area contributed by atoms with Crippen molar-refractivity contribution in [3.8, 4) is 0 Å². The van der Waals surface area contributed by atoms with Crippen LogP contribution in [-0.4, -0.2) is 45.1 Å². The number of nitrogens with two attached hydrogens (primary N) is 1.